The van der Waals surface area contributed by atoms with Crippen molar-refractivity contribution in [3.63, 3.8) is 0 Å². The topological polar surface area (TPSA) is 75.6 Å². The van der Waals surface area contributed by atoms with Crippen LogP contribution in [0, 0.1) is 6.92 Å². The van der Waals surface area contributed by atoms with Crippen molar-refractivity contribution < 1.29 is 33.5 Å². The van der Waals surface area contributed by atoms with Crippen LogP contribution in [-0.4, -0.2) is 5.11 Å². The summed E-state index contributed by atoms with van der Waals surface area (Å²) in [5.74, 6) is 6.28. The zero-order valence-corrected chi connectivity index (χ0v) is 32.1. The Morgan fingerprint density at radius 2 is 0.786 bits per heavy atom. The molecular weight excluding hydrogens is 701 g/mol. The fourth-order valence-electron chi connectivity index (χ4n) is 6.03. The summed E-state index contributed by atoms with van der Waals surface area (Å²) in [6, 6.07) is 53.1. The lowest BCUT2D eigenvalue weighted by Gasteiger charge is -2.30. The molecule has 7 heteroatoms. The highest BCUT2D eigenvalue weighted by Gasteiger charge is 2.27. The van der Waals surface area contributed by atoms with Gasteiger partial charge in [0.1, 0.15) is 51.4 Å². The second kappa shape index (κ2) is 16.2. The van der Waals surface area contributed by atoms with Crippen LogP contribution in [0.15, 0.2) is 170 Å². The Balaban J connectivity index is 1.05. The number of aryl methyl sites for hydroxylation is 1. The van der Waals surface area contributed by atoms with Crippen LogP contribution < -0.4 is 28.4 Å². The summed E-state index contributed by atoms with van der Waals surface area (Å²) in [5.41, 5.74) is 1.53. The van der Waals surface area contributed by atoms with Gasteiger partial charge < -0.3 is 33.5 Å². The van der Waals surface area contributed by atoms with E-state index in [1.807, 2.05) is 192 Å². The number of phenols is 1. The third-order valence-corrected chi connectivity index (χ3v) is 9.10. The first-order chi connectivity index (χ1) is 27.0. The van der Waals surface area contributed by atoms with E-state index in [0.29, 0.717) is 51.7 Å². The van der Waals surface area contributed by atoms with Gasteiger partial charge in [-0.1, -0.05) is 66.7 Å². The molecule has 7 aromatic rings. The van der Waals surface area contributed by atoms with Crippen LogP contribution in [0.5, 0.6) is 63.2 Å². The quantitative estimate of drug-likeness (QED) is 0.119. The van der Waals surface area contributed by atoms with Crippen molar-refractivity contribution in [1.29, 1.82) is 0 Å². The smallest absolute Gasteiger partial charge is 0.173 e. The third kappa shape index (κ3) is 9.43. The van der Waals surface area contributed by atoms with Gasteiger partial charge in [-0.05, 0) is 148 Å². The largest absolute Gasteiger partial charge is 0.504 e. The molecule has 1 N–H and O–H groups in total. The van der Waals surface area contributed by atoms with Gasteiger partial charge in [-0.15, -0.1) is 0 Å². The molecule has 56 heavy (non-hydrogen) atoms. The van der Waals surface area contributed by atoms with E-state index >= 15 is 0 Å². The van der Waals surface area contributed by atoms with Crippen molar-refractivity contribution in [1.82, 2.24) is 0 Å². The van der Waals surface area contributed by atoms with Gasteiger partial charge in [0.15, 0.2) is 23.0 Å². The Morgan fingerprint density at radius 1 is 0.357 bits per heavy atom. The first-order valence-corrected chi connectivity index (χ1v) is 18.4. The standard InChI is InChI=1S/C49H44O7/c1-34-16-30-44(50)46(32-34)53-40-21-17-35(18-22-40)48(2,3)55-42-23-19-36(20-24-42)49(4,5)56-45-31-29-43(52-38-14-10-7-11-15-38)33-47(45)54-41-27-25-39(26-28-41)51-37-12-8-6-9-13-37/h6-33,50H,1-5H3. The molecule has 0 aliphatic rings. The SMILES string of the molecule is Cc1ccc(O)c(Oc2ccc(C(C)(C)Oc3ccc(C(C)(C)Oc4ccc(Oc5ccccc5)cc4Oc4ccc(Oc5ccccc5)cc4)cc3)cc2)c1. The van der Waals surface area contributed by atoms with Crippen molar-refractivity contribution in [2.45, 2.75) is 45.8 Å². The molecule has 0 atom stereocenters. The first-order valence-electron chi connectivity index (χ1n) is 18.4. The second-order valence-corrected chi connectivity index (χ2v) is 14.4. The fraction of sp³-hybridized carbons (Fsp3) is 0.143. The number of para-hydroxylation sites is 2. The summed E-state index contributed by atoms with van der Waals surface area (Å²) < 4.78 is 37.7. The van der Waals surface area contributed by atoms with Gasteiger partial charge in [0.25, 0.3) is 0 Å². The summed E-state index contributed by atoms with van der Waals surface area (Å²) in [6.45, 7) is 10.0. The Bertz CT molecular complexity index is 2350. The molecule has 0 fully saturated rings. The van der Waals surface area contributed by atoms with Crippen LogP contribution in [-0.2, 0) is 11.2 Å². The lowest BCUT2D eigenvalue weighted by atomic mass is 9.96. The van der Waals surface area contributed by atoms with Gasteiger partial charge in [0.05, 0.1) is 0 Å². The summed E-state index contributed by atoms with van der Waals surface area (Å²) in [6.07, 6.45) is 0. The third-order valence-electron chi connectivity index (χ3n) is 9.10. The van der Waals surface area contributed by atoms with Crippen LogP contribution in [0.25, 0.3) is 0 Å². The lowest BCUT2D eigenvalue weighted by molar-refractivity contribution is 0.102. The van der Waals surface area contributed by atoms with E-state index in [1.165, 1.54) is 0 Å². The number of hydrogen-bond acceptors (Lipinski definition) is 7. The molecule has 0 spiro atoms. The highest BCUT2D eigenvalue weighted by molar-refractivity contribution is 5.50. The van der Waals surface area contributed by atoms with E-state index in [-0.39, 0.29) is 5.75 Å². The molecule has 0 bridgehead atoms. The van der Waals surface area contributed by atoms with Gasteiger partial charge in [0.2, 0.25) is 0 Å². The van der Waals surface area contributed by atoms with Crippen LogP contribution in [0.4, 0.5) is 0 Å². The fourth-order valence-corrected chi connectivity index (χ4v) is 6.03. The molecular formula is C49H44O7. The highest BCUT2D eigenvalue weighted by Crippen LogP contribution is 2.41. The Kier molecular flexibility index (Phi) is 10.9. The zero-order chi connectivity index (χ0) is 39.1. The monoisotopic (exact) mass is 744 g/mol. The zero-order valence-electron chi connectivity index (χ0n) is 32.1. The summed E-state index contributed by atoms with van der Waals surface area (Å²) >= 11 is 0. The maximum Gasteiger partial charge on any atom is 0.173 e. The minimum absolute atomic E-state index is 0.0944. The van der Waals surface area contributed by atoms with E-state index in [0.717, 1.165) is 22.4 Å². The molecule has 7 rings (SSSR count). The molecule has 0 heterocycles. The molecule has 0 aromatic heterocycles. The van der Waals surface area contributed by atoms with Gasteiger partial charge in [-0.2, -0.15) is 0 Å². The molecule has 0 aliphatic heterocycles. The van der Waals surface area contributed by atoms with Gasteiger partial charge in [-0.25, -0.2) is 0 Å². The molecule has 0 unspecified atom stereocenters. The molecule has 0 radical (unpaired) electrons. The van der Waals surface area contributed by atoms with Crippen LogP contribution >= 0.6 is 0 Å². The van der Waals surface area contributed by atoms with Gasteiger partial charge >= 0.3 is 0 Å². The van der Waals surface area contributed by atoms with E-state index in [2.05, 4.69) is 0 Å². The number of aromatic hydroxyl groups is 1. The maximum absolute atomic E-state index is 10.2. The van der Waals surface area contributed by atoms with Gasteiger partial charge in [-0.3, -0.25) is 0 Å². The van der Waals surface area contributed by atoms with Crippen molar-refractivity contribution in [3.05, 3.63) is 187 Å². The number of ether oxygens (including phenoxy) is 6. The van der Waals surface area contributed by atoms with Crippen LogP contribution in [0.1, 0.15) is 44.4 Å². The van der Waals surface area contributed by atoms with Crippen molar-refractivity contribution >= 4 is 0 Å². The highest BCUT2D eigenvalue weighted by atomic mass is 16.5. The summed E-state index contributed by atoms with van der Waals surface area (Å²) in [7, 11) is 0. The Hall–Kier alpha value is -6.86. The van der Waals surface area contributed by atoms with Crippen LogP contribution in [0.3, 0.4) is 0 Å². The van der Waals surface area contributed by atoms with Gasteiger partial charge in [0, 0.05) is 6.07 Å². The first kappa shape index (κ1) is 37.5. The molecule has 7 aromatic carbocycles. The maximum atomic E-state index is 10.2. The number of hydrogen-bond donors (Lipinski definition) is 1. The molecule has 282 valence electrons. The lowest BCUT2D eigenvalue weighted by Crippen LogP contribution is -2.26. The van der Waals surface area contributed by atoms with E-state index in [1.54, 1.807) is 12.1 Å². The number of rotatable bonds is 14. The number of phenolic OH excluding ortho intramolecular Hbond substituents is 1. The van der Waals surface area contributed by atoms with E-state index in [9.17, 15) is 5.11 Å². The minimum Gasteiger partial charge on any atom is -0.504 e. The van der Waals surface area contributed by atoms with Crippen molar-refractivity contribution in [2.75, 3.05) is 0 Å². The Labute approximate surface area is 328 Å². The average Bonchev–Trinajstić information content (AvgIpc) is 3.19. The van der Waals surface area contributed by atoms with Crippen LogP contribution in [0.2, 0.25) is 0 Å². The van der Waals surface area contributed by atoms with Crippen molar-refractivity contribution in [3.8, 4) is 63.2 Å². The van der Waals surface area contributed by atoms with E-state index in [4.69, 9.17) is 28.4 Å². The molecule has 0 amide bonds. The number of benzene rings is 7. The normalized spacial score (nSPS) is 11.4. The minimum atomic E-state index is -0.747. The molecule has 0 aliphatic carbocycles. The second-order valence-electron chi connectivity index (χ2n) is 14.4. The van der Waals surface area contributed by atoms with Crippen molar-refractivity contribution in [2.24, 2.45) is 0 Å². The Morgan fingerprint density at radius 3 is 1.36 bits per heavy atom. The molecule has 7 nitrogen and oxygen atoms in total. The summed E-state index contributed by atoms with van der Waals surface area (Å²) in [5, 5.41) is 10.2. The summed E-state index contributed by atoms with van der Waals surface area (Å²) in [4.78, 5) is 0. The molecule has 0 saturated carbocycles. The predicted octanol–water partition coefficient (Wildman–Crippen LogP) is 13.5. The average molecular weight is 745 g/mol. The predicted molar refractivity (Wildman–Crippen MR) is 219 cm³/mol. The molecule has 0 saturated heterocycles. The van der Waals surface area contributed by atoms with E-state index < -0.39 is 11.2 Å².